The van der Waals surface area contributed by atoms with Crippen LogP contribution in [-0.4, -0.2) is 31.8 Å². The summed E-state index contributed by atoms with van der Waals surface area (Å²) in [7, 11) is 3.31. The lowest BCUT2D eigenvalue weighted by atomic mass is 10.1. The van der Waals surface area contributed by atoms with E-state index >= 15 is 0 Å². The van der Waals surface area contributed by atoms with E-state index in [2.05, 4.69) is 38.2 Å². The molecule has 5 heteroatoms. The van der Waals surface area contributed by atoms with Crippen LogP contribution in [0.5, 0.6) is 11.5 Å². The topological polar surface area (TPSA) is 69.4 Å². The smallest absolute Gasteiger partial charge is 0.170 e. The molecule has 1 atom stereocenters. The number of nitrogens with zero attached hydrogens (tertiary/aromatic N) is 1. The molecule has 0 spiro atoms. The average Bonchev–Trinajstić information content (AvgIpc) is 2.58. The second-order valence-electron chi connectivity index (χ2n) is 6.42. The van der Waals surface area contributed by atoms with Crippen LogP contribution in [0.4, 0.5) is 5.69 Å². The Balaban J connectivity index is 2.55. The van der Waals surface area contributed by atoms with Gasteiger partial charge in [-0.2, -0.15) is 0 Å². The van der Waals surface area contributed by atoms with Gasteiger partial charge in [-0.1, -0.05) is 13.8 Å². The lowest BCUT2D eigenvalue weighted by Crippen LogP contribution is -2.17. The summed E-state index contributed by atoms with van der Waals surface area (Å²) in [6.07, 6.45) is 2.00. The maximum absolute atomic E-state index is 5.62. The Morgan fingerprint density at radius 3 is 2.50 bits per heavy atom. The van der Waals surface area contributed by atoms with Crippen molar-refractivity contribution in [2.75, 3.05) is 26.1 Å². The van der Waals surface area contributed by atoms with Crippen LogP contribution >= 0.6 is 0 Å². The highest BCUT2D eigenvalue weighted by Crippen LogP contribution is 2.40. The Hall–Kier alpha value is -2.01. The molecule has 1 aromatic carbocycles. The molecular weight excluding hydrogens is 302 g/mol. The van der Waals surface area contributed by atoms with Crippen molar-refractivity contribution in [1.29, 1.82) is 0 Å². The molecule has 0 aliphatic heterocycles. The van der Waals surface area contributed by atoms with Crippen molar-refractivity contribution in [3.63, 3.8) is 0 Å². The normalized spacial score (nSPS) is 12.5. The number of fused-ring (bicyclic) bond motifs is 1. The van der Waals surface area contributed by atoms with Gasteiger partial charge in [0, 0.05) is 23.2 Å². The van der Waals surface area contributed by atoms with Gasteiger partial charge in [0.1, 0.15) is 0 Å². The van der Waals surface area contributed by atoms with Crippen molar-refractivity contribution in [3.8, 4) is 11.5 Å². The van der Waals surface area contributed by atoms with Crippen LogP contribution in [-0.2, 0) is 0 Å². The van der Waals surface area contributed by atoms with Crippen molar-refractivity contribution in [2.45, 2.75) is 45.6 Å². The zero-order valence-electron chi connectivity index (χ0n) is 15.3. The van der Waals surface area contributed by atoms with E-state index in [1.807, 2.05) is 6.07 Å². The molecule has 5 nitrogen and oxygen atoms in total. The van der Waals surface area contributed by atoms with Crippen LogP contribution in [0.1, 0.15) is 45.2 Å². The van der Waals surface area contributed by atoms with Crippen LogP contribution in [0.2, 0.25) is 0 Å². The molecule has 24 heavy (non-hydrogen) atoms. The van der Waals surface area contributed by atoms with Crippen LogP contribution in [0, 0.1) is 0 Å². The third-order valence-corrected chi connectivity index (χ3v) is 4.17. The highest BCUT2D eigenvalue weighted by atomic mass is 16.5. The molecule has 0 radical (unpaired) electrons. The predicted octanol–water partition coefficient (Wildman–Crippen LogP) is 3.91. The van der Waals surface area contributed by atoms with Crippen molar-refractivity contribution >= 4 is 16.6 Å². The molecule has 1 aromatic heterocycles. The van der Waals surface area contributed by atoms with Gasteiger partial charge >= 0.3 is 0 Å². The van der Waals surface area contributed by atoms with Gasteiger partial charge in [-0.05, 0) is 44.4 Å². The van der Waals surface area contributed by atoms with Crippen molar-refractivity contribution < 1.29 is 9.47 Å². The molecule has 2 aromatic rings. The van der Waals surface area contributed by atoms with Crippen molar-refractivity contribution in [1.82, 2.24) is 4.98 Å². The van der Waals surface area contributed by atoms with Crippen LogP contribution in [0.25, 0.3) is 10.9 Å². The second kappa shape index (κ2) is 8.20. The molecular formula is C19H29N3O2. The highest BCUT2D eigenvalue weighted by Gasteiger charge is 2.17. The van der Waals surface area contributed by atoms with E-state index in [9.17, 15) is 0 Å². The molecule has 0 aliphatic rings. The highest BCUT2D eigenvalue weighted by molar-refractivity contribution is 5.97. The summed E-state index contributed by atoms with van der Waals surface area (Å²) in [5.74, 6) is 1.79. The van der Waals surface area contributed by atoms with Gasteiger partial charge in [0.25, 0.3) is 0 Å². The molecule has 0 amide bonds. The molecule has 132 valence electrons. The fraction of sp³-hybridized carbons (Fsp3) is 0.526. The molecule has 3 N–H and O–H groups in total. The number of hydrogen-bond donors (Lipinski definition) is 2. The van der Waals surface area contributed by atoms with Gasteiger partial charge in [-0.25, -0.2) is 0 Å². The Morgan fingerprint density at radius 1 is 1.17 bits per heavy atom. The first-order chi connectivity index (χ1) is 11.5. The molecule has 1 unspecified atom stereocenters. The molecule has 2 rings (SSSR count). The van der Waals surface area contributed by atoms with E-state index in [-0.39, 0.29) is 0 Å². The second-order valence-corrected chi connectivity index (χ2v) is 6.42. The lowest BCUT2D eigenvalue weighted by Gasteiger charge is -2.20. The van der Waals surface area contributed by atoms with Crippen LogP contribution in [0.3, 0.4) is 0 Å². The van der Waals surface area contributed by atoms with Crippen molar-refractivity contribution in [3.05, 3.63) is 23.9 Å². The van der Waals surface area contributed by atoms with Gasteiger partial charge in [-0.3, -0.25) is 4.98 Å². The van der Waals surface area contributed by atoms with E-state index in [1.165, 1.54) is 0 Å². The lowest BCUT2D eigenvalue weighted by molar-refractivity contribution is 0.358. The Morgan fingerprint density at radius 2 is 1.92 bits per heavy atom. The number of nitrogens with one attached hydrogen (secondary N) is 1. The average molecular weight is 331 g/mol. The number of anilines is 1. The fourth-order valence-corrected chi connectivity index (χ4v) is 2.82. The van der Waals surface area contributed by atoms with E-state index in [1.54, 1.807) is 14.2 Å². The number of benzene rings is 1. The van der Waals surface area contributed by atoms with Crippen LogP contribution < -0.4 is 20.5 Å². The third-order valence-electron chi connectivity index (χ3n) is 4.17. The zero-order valence-corrected chi connectivity index (χ0v) is 15.3. The molecule has 0 aliphatic carbocycles. The van der Waals surface area contributed by atoms with E-state index < -0.39 is 0 Å². The SMILES string of the molecule is COc1cc(NC(C)CCCN)c2nc(C(C)C)ccc2c1OC. The molecule has 0 bridgehead atoms. The number of rotatable bonds is 8. The van der Waals surface area contributed by atoms with Gasteiger partial charge in [0.15, 0.2) is 11.5 Å². The molecule has 1 heterocycles. The standard InChI is InChI=1S/C19H29N3O2/c1-12(2)15-9-8-14-18(22-15)16(21-13(3)7-6-10-20)11-17(23-4)19(14)24-5/h8-9,11-13,21H,6-7,10,20H2,1-5H3. The van der Waals surface area contributed by atoms with E-state index in [4.69, 9.17) is 20.2 Å². The molecule has 0 fully saturated rings. The maximum Gasteiger partial charge on any atom is 0.170 e. The Bertz CT molecular complexity index is 686. The molecule has 0 saturated heterocycles. The summed E-state index contributed by atoms with van der Waals surface area (Å²) in [4.78, 5) is 4.87. The summed E-state index contributed by atoms with van der Waals surface area (Å²) < 4.78 is 11.1. The monoisotopic (exact) mass is 331 g/mol. The number of methoxy groups -OCH3 is 2. The maximum atomic E-state index is 5.62. The predicted molar refractivity (Wildman–Crippen MR) is 100 cm³/mol. The summed E-state index contributed by atoms with van der Waals surface area (Å²) >= 11 is 0. The number of pyridine rings is 1. The minimum absolute atomic E-state index is 0.305. The first kappa shape index (κ1) is 18.3. The van der Waals surface area contributed by atoms with E-state index in [0.717, 1.165) is 40.9 Å². The third kappa shape index (κ3) is 3.90. The number of aromatic nitrogens is 1. The number of hydrogen-bond acceptors (Lipinski definition) is 5. The van der Waals surface area contributed by atoms with Crippen molar-refractivity contribution in [2.24, 2.45) is 5.73 Å². The minimum atomic E-state index is 0.305. The quantitative estimate of drug-likeness (QED) is 0.767. The largest absolute Gasteiger partial charge is 0.493 e. The van der Waals surface area contributed by atoms with Gasteiger partial charge in [-0.15, -0.1) is 0 Å². The van der Waals surface area contributed by atoms with Gasteiger partial charge < -0.3 is 20.5 Å². The van der Waals surface area contributed by atoms with Gasteiger partial charge in [0.2, 0.25) is 0 Å². The molecule has 0 saturated carbocycles. The van der Waals surface area contributed by atoms with Gasteiger partial charge in [0.05, 0.1) is 25.4 Å². The number of nitrogens with two attached hydrogens (primary N) is 1. The first-order valence-electron chi connectivity index (χ1n) is 8.54. The van der Waals surface area contributed by atoms with E-state index in [0.29, 0.717) is 24.3 Å². The zero-order chi connectivity index (χ0) is 17.7. The summed E-state index contributed by atoms with van der Waals surface area (Å²) in [6.45, 7) is 7.15. The number of ether oxygens (including phenoxy) is 2. The Labute approximate surface area is 144 Å². The summed E-state index contributed by atoms with van der Waals surface area (Å²) in [5.41, 5.74) is 8.57. The minimum Gasteiger partial charge on any atom is -0.493 e. The first-order valence-corrected chi connectivity index (χ1v) is 8.54. The van der Waals surface area contributed by atoms with Crippen LogP contribution in [0.15, 0.2) is 18.2 Å². The summed E-state index contributed by atoms with van der Waals surface area (Å²) in [5, 5.41) is 4.51. The summed E-state index contributed by atoms with van der Waals surface area (Å²) in [6, 6.07) is 6.39. The Kier molecular flexibility index (Phi) is 6.26. The fourth-order valence-electron chi connectivity index (χ4n) is 2.82.